The Hall–Kier alpha value is -3.32. The molecule has 1 fully saturated rings. The zero-order valence-corrected chi connectivity index (χ0v) is 23.3. The molecule has 1 aromatic heterocycles. The Bertz CT molecular complexity index is 1250. The summed E-state index contributed by atoms with van der Waals surface area (Å²) in [7, 11) is 0. The van der Waals surface area contributed by atoms with E-state index in [4.69, 9.17) is 26.2 Å². The Morgan fingerprint density at radius 1 is 1.11 bits per heavy atom. The third kappa shape index (κ3) is 6.38. The number of hydrogen-bond acceptors (Lipinski definition) is 5. The topological polar surface area (TPSA) is 73.7 Å². The van der Waals surface area contributed by atoms with Crippen LogP contribution in [-0.4, -0.2) is 34.3 Å². The number of nitrogens with zero attached hydrogens (tertiary/aromatic N) is 3. The second-order valence-electron chi connectivity index (χ2n) is 10.2. The highest BCUT2D eigenvalue weighted by Crippen LogP contribution is 2.34. The van der Waals surface area contributed by atoms with Crippen LogP contribution in [0.3, 0.4) is 0 Å². The molecule has 1 amide bonds. The van der Waals surface area contributed by atoms with Crippen molar-refractivity contribution in [3.05, 3.63) is 70.9 Å². The largest absolute Gasteiger partial charge is 0.487 e. The SMILES string of the molecule is CCOC(=O)c1cn(-c2ccc(OCc3ccccc3)c(Cl)c2)nc1N(C(=O)C1CCC(C)CC1)C(C)C. The fourth-order valence-electron chi connectivity index (χ4n) is 4.82. The van der Waals surface area contributed by atoms with Gasteiger partial charge in [-0.05, 0) is 76.1 Å². The minimum Gasteiger partial charge on any atom is -0.487 e. The molecule has 0 aliphatic heterocycles. The molecule has 202 valence electrons. The minimum absolute atomic E-state index is 0.00499. The number of esters is 1. The Morgan fingerprint density at radius 2 is 1.82 bits per heavy atom. The van der Waals surface area contributed by atoms with Gasteiger partial charge in [0, 0.05) is 18.2 Å². The van der Waals surface area contributed by atoms with Gasteiger partial charge < -0.3 is 9.47 Å². The van der Waals surface area contributed by atoms with E-state index in [0.29, 0.717) is 34.8 Å². The Labute approximate surface area is 229 Å². The van der Waals surface area contributed by atoms with Gasteiger partial charge in [-0.2, -0.15) is 0 Å². The molecule has 0 bridgehead atoms. The summed E-state index contributed by atoms with van der Waals surface area (Å²) in [4.78, 5) is 28.3. The highest BCUT2D eigenvalue weighted by molar-refractivity contribution is 6.32. The molecular weight excluding hydrogens is 502 g/mol. The maximum absolute atomic E-state index is 13.7. The van der Waals surface area contributed by atoms with E-state index in [2.05, 4.69) is 6.92 Å². The van der Waals surface area contributed by atoms with Crippen molar-refractivity contribution in [1.82, 2.24) is 9.78 Å². The van der Waals surface area contributed by atoms with Crippen LogP contribution in [0.4, 0.5) is 5.82 Å². The van der Waals surface area contributed by atoms with Crippen LogP contribution >= 0.6 is 11.6 Å². The number of hydrogen-bond donors (Lipinski definition) is 0. The van der Waals surface area contributed by atoms with Crippen LogP contribution < -0.4 is 9.64 Å². The molecule has 0 spiro atoms. The van der Waals surface area contributed by atoms with Gasteiger partial charge in [-0.3, -0.25) is 9.69 Å². The molecule has 1 heterocycles. The fourth-order valence-corrected chi connectivity index (χ4v) is 5.05. The van der Waals surface area contributed by atoms with Gasteiger partial charge in [-0.1, -0.05) is 48.9 Å². The van der Waals surface area contributed by atoms with E-state index in [1.165, 1.54) is 0 Å². The van der Waals surface area contributed by atoms with Crippen molar-refractivity contribution in [2.24, 2.45) is 11.8 Å². The fraction of sp³-hybridized carbons (Fsp3) is 0.433. The van der Waals surface area contributed by atoms with Crippen molar-refractivity contribution in [2.75, 3.05) is 11.5 Å². The lowest BCUT2D eigenvalue weighted by molar-refractivity contribution is -0.124. The van der Waals surface area contributed by atoms with E-state index in [-0.39, 0.29) is 30.0 Å². The average Bonchev–Trinajstić information content (AvgIpc) is 3.34. The van der Waals surface area contributed by atoms with Gasteiger partial charge in [0.15, 0.2) is 5.82 Å². The predicted molar refractivity (Wildman–Crippen MR) is 149 cm³/mol. The lowest BCUT2D eigenvalue weighted by atomic mass is 9.82. The number of amides is 1. The summed E-state index contributed by atoms with van der Waals surface area (Å²) in [6.45, 7) is 8.47. The molecule has 0 saturated heterocycles. The summed E-state index contributed by atoms with van der Waals surface area (Å²) in [6.07, 6.45) is 5.35. The number of carbonyl (C=O) groups excluding carboxylic acids is 2. The van der Waals surface area contributed by atoms with Crippen molar-refractivity contribution in [1.29, 1.82) is 0 Å². The summed E-state index contributed by atoms with van der Waals surface area (Å²) < 4.78 is 12.8. The maximum Gasteiger partial charge on any atom is 0.343 e. The van der Waals surface area contributed by atoms with Gasteiger partial charge in [0.1, 0.15) is 17.9 Å². The van der Waals surface area contributed by atoms with Gasteiger partial charge in [0.25, 0.3) is 0 Å². The molecular formula is C30H36ClN3O4. The Balaban J connectivity index is 1.64. The molecule has 2 aromatic carbocycles. The van der Waals surface area contributed by atoms with Crippen LogP contribution in [0, 0.1) is 11.8 Å². The molecule has 0 radical (unpaired) electrons. The third-order valence-corrected chi connectivity index (χ3v) is 7.25. The van der Waals surface area contributed by atoms with Crippen molar-refractivity contribution in [3.8, 4) is 11.4 Å². The second kappa shape index (κ2) is 12.5. The van der Waals surface area contributed by atoms with Crippen LogP contribution in [-0.2, 0) is 16.1 Å². The number of rotatable bonds is 9. The average molecular weight is 538 g/mol. The van der Waals surface area contributed by atoms with E-state index in [1.54, 1.807) is 34.8 Å². The van der Waals surface area contributed by atoms with Crippen molar-refractivity contribution in [3.63, 3.8) is 0 Å². The summed E-state index contributed by atoms with van der Waals surface area (Å²) >= 11 is 6.56. The van der Waals surface area contributed by atoms with E-state index in [1.807, 2.05) is 50.2 Å². The van der Waals surface area contributed by atoms with Gasteiger partial charge in [-0.25, -0.2) is 9.48 Å². The Kier molecular flexibility index (Phi) is 9.10. The number of anilines is 1. The first-order chi connectivity index (χ1) is 18.3. The zero-order chi connectivity index (χ0) is 27.2. The van der Waals surface area contributed by atoms with Crippen LogP contribution in [0.25, 0.3) is 5.69 Å². The Morgan fingerprint density at radius 3 is 2.45 bits per heavy atom. The van der Waals surface area contributed by atoms with E-state index in [9.17, 15) is 9.59 Å². The highest BCUT2D eigenvalue weighted by atomic mass is 35.5. The van der Waals surface area contributed by atoms with Gasteiger partial charge >= 0.3 is 5.97 Å². The number of benzene rings is 2. The van der Waals surface area contributed by atoms with E-state index < -0.39 is 5.97 Å². The van der Waals surface area contributed by atoms with Crippen LogP contribution in [0.1, 0.15) is 69.3 Å². The van der Waals surface area contributed by atoms with Crippen molar-refractivity contribution >= 4 is 29.3 Å². The monoisotopic (exact) mass is 537 g/mol. The summed E-state index contributed by atoms with van der Waals surface area (Å²) in [5, 5.41) is 5.14. The number of aromatic nitrogens is 2. The first kappa shape index (κ1) is 27.7. The summed E-state index contributed by atoms with van der Waals surface area (Å²) in [6, 6.07) is 15.0. The summed E-state index contributed by atoms with van der Waals surface area (Å²) in [5.74, 6) is 0.892. The first-order valence-corrected chi connectivity index (χ1v) is 13.7. The second-order valence-corrected chi connectivity index (χ2v) is 10.6. The number of halogens is 1. The molecule has 0 atom stereocenters. The van der Waals surface area contributed by atoms with E-state index >= 15 is 0 Å². The van der Waals surface area contributed by atoms with Crippen LogP contribution in [0.15, 0.2) is 54.7 Å². The normalized spacial score (nSPS) is 17.3. The minimum atomic E-state index is -0.515. The molecule has 0 N–H and O–H groups in total. The van der Waals surface area contributed by atoms with Crippen LogP contribution in [0.2, 0.25) is 5.02 Å². The molecule has 3 aromatic rings. The lowest BCUT2D eigenvalue weighted by Gasteiger charge is -2.32. The van der Waals surface area contributed by atoms with Crippen molar-refractivity contribution < 1.29 is 19.1 Å². The van der Waals surface area contributed by atoms with Crippen LogP contribution in [0.5, 0.6) is 5.75 Å². The quantitative estimate of drug-likeness (QED) is 0.279. The molecule has 38 heavy (non-hydrogen) atoms. The molecule has 1 saturated carbocycles. The predicted octanol–water partition coefficient (Wildman–Crippen LogP) is 6.85. The zero-order valence-electron chi connectivity index (χ0n) is 22.5. The lowest BCUT2D eigenvalue weighted by Crippen LogP contribution is -2.43. The molecule has 4 rings (SSSR count). The molecule has 7 nitrogen and oxygen atoms in total. The standard InChI is InChI=1S/C30H36ClN3O4/c1-5-37-30(36)25-18-33(24-15-16-27(26(31)17-24)38-19-22-9-7-6-8-10-22)32-28(25)34(20(2)3)29(35)23-13-11-21(4)12-14-23/h6-10,15-18,20-21,23H,5,11-14,19H2,1-4H3. The first-order valence-electron chi connectivity index (χ1n) is 13.3. The molecule has 0 unspecified atom stereocenters. The molecule has 8 heteroatoms. The van der Waals surface area contributed by atoms with Gasteiger partial charge in [0.05, 0.1) is 17.3 Å². The maximum atomic E-state index is 13.7. The van der Waals surface area contributed by atoms with E-state index in [0.717, 1.165) is 31.2 Å². The third-order valence-electron chi connectivity index (χ3n) is 6.95. The summed E-state index contributed by atoms with van der Waals surface area (Å²) in [5.41, 5.74) is 1.93. The highest BCUT2D eigenvalue weighted by Gasteiger charge is 2.34. The number of carbonyl (C=O) groups is 2. The molecule has 1 aliphatic carbocycles. The number of ether oxygens (including phenoxy) is 2. The molecule has 1 aliphatic rings. The van der Waals surface area contributed by atoms with Gasteiger partial charge in [0.2, 0.25) is 5.91 Å². The van der Waals surface area contributed by atoms with Crippen molar-refractivity contribution in [2.45, 2.75) is 66.0 Å². The smallest absolute Gasteiger partial charge is 0.343 e. The van der Waals surface area contributed by atoms with Gasteiger partial charge in [-0.15, -0.1) is 5.10 Å².